The molecule has 0 aliphatic carbocycles. The number of hydrogen-bond acceptors (Lipinski definition) is 7. The Morgan fingerprint density at radius 1 is 1.17 bits per heavy atom. The van der Waals surface area contributed by atoms with Crippen LogP contribution >= 0.6 is 34.3 Å². The molecular weight excluding hydrogens is 540 g/mol. The van der Waals surface area contributed by atoms with Crippen LogP contribution < -0.4 is 4.72 Å². The van der Waals surface area contributed by atoms with Gasteiger partial charge in [0, 0.05) is 27.7 Å². The van der Waals surface area contributed by atoms with Gasteiger partial charge >= 0.3 is 0 Å². The van der Waals surface area contributed by atoms with Crippen molar-refractivity contribution >= 4 is 66.2 Å². The van der Waals surface area contributed by atoms with E-state index in [4.69, 9.17) is 11.6 Å². The summed E-state index contributed by atoms with van der Waals surface area (Å²) in [5.41, 5.74) is 0.984. The van der Waals surface area contributed by atoms with Crippen molar-refractivity contribution < 1.29 is 18.0 Å². The van der Waals surface area contributed by atoms with Gasteiger partial charge in [-0.05, 0) is 69.2 Å². The highest BCUT2D eigenvalue weighted by atomic mass is 35.5. The molecule has 36 heavy (non-hydrogen) atoms. The number of likely N-dealkylation sites (tertiary alicyclic amines) is 2. The number of carbonyl (C=O) groups excluding carboxylic acids is 2. The Labute approximate surface area is 223 Å². The molecule has 192 valence electrons. The minimum atomic E-state index is -3.91. The van der Waals surface area contributed by atoms with E-state index in [9.17, 15) is 18.0 Å². The van der Waals surface area contributed by atoms with Crippen molar-refractivity contribution in [2.24, 2.45) is 0 Å². The van der Waals surface area contributed by atoms with Crippen molar-refractivity contribution in [3.05, 3.63) is 44.9 Å². The molecule has 2 amide bonds. The summed E-state index contributed by atoms with van der Waals surface area (Å²) in [4.78, 5) is 35.5. The molecule has 2 unspecified atom stereocenters. The van der Waals surface area contributed by atoms with Gasteiger partial charge in [-0.25, -0.2) is 13.4 Å². The molecule has 8 nitrogen and oxygen atoms in total. The fourth-order valence-electron chi connectivity index (χ4n) is 4.79. The summed E-state index contributed by atoms with van der Waals surface area (Å²) >= 11 is 8.78. The van der Waals surface area contributed by atoms with E-state index in [1.54, 1.807) is 35.6 Å². The van der Waals surface area contributed by atoms with Gasteiger partial charge in [-0.3, -0.25) is 9.59 Å². The van der Waals surface area contributed by atoms with Gasteiger partial charge < -0.3 is 9.80 Å². The Bertz CT molecular complexity index is 1410. The number of thiazole rings is 1. The van der Waals surface area contributed by atoms with Crippen molar-refractivity contribution in [3.8, 4) is 0 Å². The van der Waals surface area contributed by atoms with Crippen LogP contribution in [0.5, 0.6) is 0 Å². The smallest absolute Gasteiger partial charge is 0.250 e. The highest BCUT2D eigenvalue weighted by Crippen LogP contribution is 2.35. The molecule has 1 aromatic carbocycles. The maximum absolute atomic E-state index is 13.2. The Kier molecular flexibility index (Phi) is 7.12. The first-order valence-corrected chi connectivity index (χ1v) is 15.4. The Balaban J connectivity index is 1.27. The highest BCUT2D eigenvalue weighted by molar-refractivity contribution is 7.91. The van der Waals surface area contributed by atoms with Crippen LogP contribution in [0.1, 0.15) is 47.3 Å². The zero-order valence-corrected chi connectivity index (χ0v) is 23.2. The number of rotatable bonds is 6. The summed E-state index contributed by atoms with van der Waals surface area (Å²) in [6, 6.07) is 5.81. The Morgan fingerprint density at radius 2 is 1.94 bits per heavy atom. The van der Waals surface area contributed by atoms with E-state index in [2.05, 4.69) is 9.71 Å². The van der Waals surface area contributed by atoms with Crippen molar-refractivity contribution in [2.45, 2.75) is 55.8 Å². The average Bonchev–Trinajstić information content (AvgIpc) is 3.55. The standard InChI is InChI=1S/C24H27ClN4O4S3/c1-14-15(2)34-23(26-14)19-6-4-10-29(19)21(30)13-28-9-3-5-18(24(28)31)27-36(32,33)22-12-16-11-17(25)7-8-20(16)35-22/h7-8,11-12,18-19,27H,3-6,9-10,13H2,1-2H3. The monoisotopic (exact) mass is 566 g/mol. The van der Waals surface area contributed by atoms with Gasteiger partial charge in [-0.1, -0.05) is 11.6 Å². The summed E-state index contributed by atoms with van der Waals surface area (Å²) in [5, 5.41) is 2.21. The molecule has 2 atom stereocenters. The summed E-state index contributed by atoms with van der Waals surface area (Å²) < 4.78 is 29.7. The Hall–Kier alpha value is -2.05. The lowest BCUT2D eigenvalue weighted by Crippen LogP contribution is -2.54. The molecular formula is C24H27ClN4O4S3. The van der Waals surface area contributed by atoms with E-state index in [-0.39, 0.29) is 28.6 Å². The highest BCUT2D eigenvalue weighted by Gasteiger charge is 2.37. The van der Waals surface area contributed by atoms with Gasteiger partial charge in [-0.2, -0.15) is 4.72 Å². The minimum Gasteiger partial charge on any atom is -0.332 e. The van der Waals surface area contributed by atoms with E-state index in [1.807, 2.05) is 18.7 Å². The fourth-order valence-corrected chi connectivity index (χ4v) is 8.66. The lowest BCUT2D eigenvalue weighted by Gasteiger charge is -2.33. The van der Waals surface area contributed by atoms with Crippen LogP contribution in [0.2, 0.25) is 5.02 Å². The molecule has 2 aromatic heterocycles. The normalized spacial score (nSPS) is 21.0. The summed E-state index contributed by atoms with van der Waals surface area (Å²) in [5.74, 6) is -0.486. The number of piperidine rings is 1. The van der Waals surface area contributed by atoms with Gasteiger partial charge in [0.05, 0.1) is 18.3 Å². The number of aromatic nitrogens is 1. The van der Waals surface area contributed by atoms with Crippen molar-refractivity contribution in [1.82, 2.24) is 19.5 Å². The molecule has 0 saturated carbocycles. The molecule has 5 rings (SSSR count). The molecule has 2 aliphatic rings. The third-order valence-electron chi connectivity index (χ3n) is 6.78. The summed E-state index contributed by atoms with van der Waals surface area (Å²) in [6.07, 6.45) is 2.76. The fraction of sp³-hybridized carbons (Fsp3) is 0.458. The molecule has 0 spiro atoms. The van der Waals surface area contributed by atoms with Crippen LogP contribution in [-0.4, -0.2) is 60.7 Å². The van der Waals surface area contributed by atoms with Crippen molar-refractivity contribution in [1.29, 1.82) is 0 Å². The number of fused-ring (bicyclic) bond motifs is 1. The third-order valence-corrected chi connectivity index (χ3v) is 11.2. The molecule has 2 saturated heterocycles. The van der Waals surface area contributed by atoms with E-state index in [0.29, 0.717) is 31.0 Å². The predicted molar refractivity (Wildman–Crippen MR) is 142 cm³/mol. The number of nitrogens with one attached hydrogen (secondary N) is 1. The average molecular weight is 567 g/mol. The number of halogens is 1. The molecule has 0 bridgehead atoms. The largest absolute Gasteiger partial charge is 0.332 e. The molecule has 4 heterocycles. The predicted octanol–water partition coefficient (Wildman–Crippen LogP) is 4.26. The second kappa shape index (κ2) is 10.0. The first-order valence-electron chi connectivity index (χ1n) is 11.9. The minimum absolute atomic E-state index is 0.0573. The topological polar surface area (TPSA) is 99.7 Å². The molecule has 2 fully saturated rings. The zero-order valence-electron chi connectivity index (χ0n) is 20.0. The van der Waals surface area contributed by atoms with Crippen LogP contribution in [-0.2, 0) is 19.6 Å². The summed E-state index contributed by atoms with van der Waals surface area (Å²) in [6.45, 7) is 5.00. The summed E-state index contributed by atoms with van der Waals surface area (Å²) in [7, 11) is -3.91. The number of nitrogens with zero attached hydrogens (tertiary/aromatic N) is 3. The van der Waals surface area contributed by atoms with Crippen LogP contribution in [0.4, 0.5) is 0 Å². The molecule has 2 aliphatic heterocycles. The van der Waals surface area contributed by atoms with Gasteiger partial charge in [0.25, 0.3) is 10.0 Å². The number of carbonyl (C=O) groups is 2. The molecule has 1 N–H and O–H groups in total. The number of benzene rings is 1. The van der Waals surface area contributed by atoms with Gasteiger partial charge in [0.15, 0.2) is 0 Å². The first kappa shape index (κ1) is 25.6. The molecule has 0 radical (unpaired) electrons. The van der Waals surface area contributed by atoms with E-state index in [1.165, 1.54) is 4.90 Å². The van der Waals surface area contributed by atoms with Gasteiger partial charge in [0.1, 0.15) is 15.3 Å². The lowest BCUT2D eigenvalue weighted by atomic mass is 10.1. The van der Waals surface area contributed by atoms with Crippen LogP contribution in [0.3, 0.4) is 0 Å². The van der Waals surface area contributed by atoms with E-state index >= 15 is 0 Å². The second-order valence-electron chi connectivity index (χ2n) is 9.26. The maximum Gasteiger partial charge on any atom is 0.250 e. The maximum atomic E-state index is 13.2. The quantitative estimate of drug-likeness (QED) is 0.480. The lowest BCUT2D eigenvalue weighted by molar-refractivity contribution is -0.143. The Morgan fingerprint density at radius 3 is 2.69 bits per heavy atom. The van der Waals surface area contributed by atoms with Gasteiger partial charge in [-0.15, -0.1) is 22.7 Å². The van der Waals surface area contributed by atoms with Crippen LogP contribution in [0.25, 0.3) is 10.1 Å². The van der Waals surface area contributed by atoms with E-state index in [0.717, 1.165) is 49.8 Å². The third kappa shape index (κ3) is 5.04. The molecule has 3 aromatic rings. The number of aryl methyl sites for hydroxylation is 2. The number of amides is 2. The van der Waals surface area contributed by atoms with Crippen LogP contribution in [0.15, 0.2) is 28.5 Å². The van der Waals surface area contributed by atoms with Crippen molar-refractivity contribution in [2.75, 3.05) is 19.6 Å². The zero-order chi connectivity index (χ0) is 25.6. The van der Waals surface area contributed by atoms with Gasteiger partial charge in [0.2, 0.25) is 11.8 Å². The second-order valence-corrected chi connectivity index (χ2v) is 14.0. The number of hydrogen-bond donors (Lipinski definition) is 1. The van der Waals surface area contributed by atoms with E-state index < -0.39 is 16.1 Å². The van der Waals surface area contributed by atoms with Crippen LogP contribution in [0, 0.1) is 13.8 Å². The SMILES string of the molecule is Cc1nc(C2CCCN2C(=O)CN2CCCC(NS(=O)(=O)c3cc4cc(Cl)ccc4s3)C2=O)sc1C. The first-order chi connectivity index (χ1) is 17.1. The molecule has 12 heteroatoms. The number of thiophene rings is 1. The number of sulfonamides is 1. The van der Waals surface area contributed by atoms with Crippen molar-refractivity contribution in [3.63, 3.8) is 0 Å².